The van der Waals surface area contributed by atoms with Crippen LogP contribution in [0.5, 0.6) is 0 Å². The summed E-state index contributed by atoms with van der Waals surface area (Å²) in [5.41, 5.74) is 2.36. The van der Waals surface area contributed by atoms with Crippen LogP contribution >= 0.6 is 0 Å². The Labute approximate surface area is 187 Å². The van der Waals surface area contributed by atoms with Crippen LogP contribution in [-0.2, 0) is 11.3 Å². The van der Waals surface area contributed by atoms with E-state index in [9.17, 15) is 24.5 Å². The van der Waals surface area contributed by atoms with Crippen molar-refractivity contribution in [3.63, 3.8) is 0 Å². The molecule has 9 nitrogen and oxygen atoms in total. The van der Waals surface area contributed by atoms with Gasteiger partial charge < -0.3 is 9.88 Å². The van der Waals surface area contributed by atoms with Gasteiger partial charge in [0.2, 0.25) is 5.91 Å². The number of benzene rings is 3. The molecule has 3 aromatic carbocycles. The van der Waals surface area contributed by atoms with Gasteiger partial charge >= 0.3 is 0 Å². The van der Waals surface area contributed by atoms with Gasteiger partial charge in [0.15, 0.2) is 0 Å². The molecule has 0 saturated heterocycles. The monoisotopic (exact) mass is 442 g/mol. The molecule has 1 aliphatic rings. The lowest BCUT2D eigenvalue weighted by Gasteiger charge is -2.13. The quantitative estimate of drug-likeness (QED) is 0.285. The number of fused-ring (bicyclic) bond motifs is 4. The van der Waals surface area contributed by atoms with E-state index in [1.165, 1.54) is 6.07 Å². The van der Waals surface area contributed by atoms with E-state index in [2.05, 4.69) is 16.8 Å². The van der Waals surface area contributed by atoms with Crippen LogP contribution in [0.3, 0.4) is 0 Å². The predicted octanol–water partition coefficient (Wildman–Crippen LogP) is 3.96. The van der Waals surface area contributed by atoms with Crippen LogP contribution in [-0.4, -0.2) is 38.7 Å². The molecule has 0 spiro atoms. The van der Waals surface area contributed by atoms with Crippen molar-refractivity contribution in [2.45, 2.75) is 13.5 Å². The van der Waals surface area contributed by atoms with E-state index in [0.29, 0.717) is 5.69 Å². The number of carbonyl (C=O) groups excluding carboxylic acids is 3. The van der Waals surface area contributed by atoms with E-state index >= 15 is 0 Å². The fourth-order valence-corrected chi connectivity index (χ4v) is 4.35. The Morgan fingerprint density at radius 2 is 1.67 bits per heavy atom. The number of hydrogen-bond donors (Lipinski definition) is 1. The van der Waals surface area contributed by atoms with Gasteiger partial charge in [-0.3, -0.25) is 29.4 Å². The van der Waals surface area contributed by atoms with Gasteiger partial charge in [0.05, 0.1) is 16.1 Å². The van der Waals surface area contributed by atoms with Crippen LogP contribution in [0.15, 0.2) is 60.7 Å². The van der Waals surface area contributed by atoms with Crippen molar-refractivity contribution in [2.24, 2.45) is 0 Å². The first-order valence-electron chi connectivity index (χ1n) is 10.3. The van der Waals surface area contributed by atoms with Gasteiger partial charge in [0, 0.05) is 46.2 Å². The zero-order valence-electron chi connectivity index (χ0n) is 17.6. The van der Waals surface area contributed by atoms with Crippen LogP contribution in [0.1, 0.15) is 27.6 Å². The maximum Gasteiger partial charge on any atom is 0.270 e. The minimum atomic E-state index is -0.727. The van der Waals surface area contributed by atoms with Crippen LogP contribution in [0.4, 0.5) is 11.4 Å². The molecule has 1 N–H and O–H groups in total. The van der Waals surface area contributed by atoms with Gasteiger partial charge in [-0.15, -0.1) is 0 Å². The number of nitro benzene ring substituents is 1. The highest BCUT2D eigenvalue weighted by atomic mass is 16.6. The Kier molecular flexibility index (Phi) is 4.67. The largest absolute Gasteiger partial charge is 0.341 e. The summed E-state index contributed by atoms with van der Waals surface area (Å²) in [6, 6.07) is 17.0. The summed E-state index contributed by atoms with van der Waals surface area (Å²) in [6.07, 6.45) is 0. The number of anilines is 1. The van der Waals surface area contributed by atoms with Crippen molar-refractivity contribution in [3.05, 3.63) is 81.9 Å². The van der Waals surface area contributed by atoms with Gasteiger partial charge in [-0.25, -0.2) is 0 Å². The summed E-state index contributed by atoms with van der Waals surface area (Å²) in [4.78, 5) is 49.0. The maximum absolute atomic E-state index is 12.7. The predicted molar refractivity (Wildman–Crippen MR) is 122 cm³/mol. The number of imide groups is 1. The third-order valence-electron chi connectivity index (χ3n) is 5.84. The highest BCUT2D eigenvalue weighted by Crippen LogP contribution is 2.31. The number of para-hydroxylation sites is 1. The van der Waals surface area contributed by atoms with Crippen LogP contribution < -0.4 is 5.32 Å². The molecule has 1 aliphatic heterocycles. The Morgan fingerprint density at radius 3 is 2.42 bits per heavy atom. The van der Waals surface area contributed by atoms with E-state index in [0.717, 1.165) is 45.4 Å². The van der Waals surface area contributed by atoms with Gasteiger partial charge in [-0.1, -0.05) is 18.2 Å². The smallest absolute Gasteiger partial charge is 0.270 e. The third kappa shape index (κ3) is 3.21. The van der Waals surface area contributed by atoms with E-state index in [1.807, 2.05) is 36.4 Å². The molecular formula is C24H18N4O5. The minimum Gasteiger partial charge on any atom is -0.341 e. The summed E-state index contributed by atoms with van der Waals surface area (Å²) >= 11 is 0. The Morgan fingerprint density at radius 1 is 0.939 bits per heavy atom. The Balaban J connectivity index is 1.39. The minimum absolute atomic E-state index is 0.0483. The molecule has 1 aromatic heterocycles. The van der Waals surface area contributed by atoms with Crippen molar-refractivity contribution < 1.29 is 19.3 Å². The molecule has 4 aromatic rings. The lowest BCUT2D eigenvalue weighted by molar-refractivity contribution is -0.384. The average molecular weight is 442 g/mol. The summed E-state index contributed by atoms with van der Waals surface area (Å²) in [6.45, 7) is 2.38. The number of aryl methyl sites for hydroxylation is 1. The molecule has 0 atom stereocenters. The SMILES string of the molecule is CCn1c2ccccc2c2cc(NC(=O)CN3C(=O)c4ccc([N+](=O)[O-])cc4C3=O)ccc21. The number of amides is 3. The van der Waals surface area contributed by atoms with E-state index in [-0.39, 0.29) is 16.8 Å². The Bertz CT molecular complexity index is 1500. The normalized spacial score (nSPS) is 13.1. The number of non-ortho nitro benzene ring substituents is 1. The standard InChI is InChI=1S/C24H18N4O5/c1-2-26-20-6-4-3-5-16(20)18-11-14(7-10-21(18)26)25-22(29)13-27-23(30)17-9-8-15(28(32)33)12-19(17)24(27)31/h3-12H,2,13H2,1H3,(H,25,29). The van der Waals surface area contributed by atoms with E-state index in [4.69, 9.17) is 0 Å². The van der Waals surface area contributed by atoms with Crippen molar-refractivity contribution >= 4 is 50.9 Å². The summed E-state index contributed by atoms with van der Waals surface area (Å²) in [7, 11) is 0. The molecule has 0 fully saturated rings. The van der Waals surface area contributed by atoms with Crippen molar-refractivity contribution in [2.75, 3.05) is 11.9 Å². The number of hydrogen-bond acceptors (Lipinski definition) is 5. The molecule has 0 unspecified atom stereocenters. The second-order valence-corrected chi connectivity index (χ2v) is 7.72. The molecule has 3 amide bonds. The number of rotatable bonds is 5. The summed E-state index contributed by atoms with van der Waals surface area (Å²) in [5.74, 6) is -1.92. The first-order valence-corrected chi connectivity index (χ1v) is 10.3. The van der Waals surface area contributed by atoms with Crippen molar-refractivity contribution in [3.8, 4) is 0 Å². The molecule has 33 heavy (non-hydrogen) atoms. The zero-order valence-corrected chi connectivity index (χ0v) is 17.6. The van der Waals surface area contributed by atoms with E-state index in [1.54, 1.807) is 6.07 Å². The van der Waals surface area contributed by atoms with Crippen LogP contribution in [0, 0.1) is 10.1 Å². The fourth-order valence-electron chi connectivity index (χ4n) is 4.35. The number of nitrogens with zero attached hydrogens (tertiary/aromatic N) is 3. The highest BCUT2D eigenvalue weighted by Gasteiger charge is 2.37. The number of nitro groups is 1. The van der Waals surface area contributed by atoms with Gasteiger partial charge in [-0.2, -0.15) is 0 Å². The van der Waals surface area contributed by atoms with Gasteiger partial charge in [-0.05, 0) is 37.3 Å². The lowest BCUT2D eigenvalue weighted by atomic mass is 10.1. The molecule has 9 heteroatoms. The fraction of sp³-hybridized carbons (Fsp3) is 0.125. The summed E-state index contributed by atoms with van der Waals surface area (Å²) < 4.78 is 2.19. The molecule has 2 heterocycles. The second kappa shape index (κ2) is 7.56. The van der Waals surface area contributed by atoms with Gasteiger partial charge in [0.25, 0.3) is 17.5 Å². The van der Waals surface area contributed by atoms with Crippen molar-refractivity contribution in [1.29, 1.82) is 0 Å². The van der Waals surface area contributed by atoms with E-state index < -0.39 is 29.2 Å². The number of nitrogens with one attached hydrogen (secondary N) is 1. The molecule has 0 aliphatic carbocycles. The zero-order chi connectivity index (χ0) is 23.3. The number of carbonyl (C=O) groups is 3. The van der Waals surface area contributed by atoms with Gasteiger partial charge in [0.1, 0.15) is 6.54 Å². The first-order chi connectivity index (χ1) is 15.9. The van der Waals surface area contributed by atoms with Crippen LogP contribution in [0.25, 0.3) is 21.8 Å². The third-order valence-corrected chi connectivity index (χ3v) is 5.84. The maximum atomic E-state index is 12.7. The van der Waals surface area contributed by atoms with Crippen molar-refractivity contribution in [1.82, 2.24) is 9.47 Å². The molecule has 0 saturated carbocycles. The second-order valence-electron chi connectivity index (χ2n) is 7.72. The highest BCUT2D eigenvalue weighted by molar-refractivity contribution is 6.23. The average Bonchev–Trinajstić information content (AvgIpc) is 3.25. The molecular weight excluding hydrogens is 424 g/mol. The summed E-state index contributed by atoms with van der Waals surface area (Å²) in [5, 5.41) is 15.8. The molecule has 5 rings (SSSR count). The first kappa shape index (κ1) is 20.4. The topological polar surface area (TPSA) is 115 Å². The Hall–Kier alpha value is -4.53. The molecule has 164 valence electrons. The molecule has 0 radical (unpaired) electrons. The van der Waals surface area contributed by atoms with Crippen LogP contribution in [0.2, 0.25) is 0 Å². The molecule has 0 bridgehead atoms. The lowest BCUT2D eigenvalue weighted by Crippen LogP contribution is -2.37. The number of aromatic nitrogens is 1.